The Morgan fingerprint density at radius 2 is 2.17 bits per heavy atom. The second-order valence-electron chi connectivity index (χ2n) is 5.45. The predicted molar refractivity (Wildman–Crippen MR) is 84.4 cm³/mol. The topological polar surface area (TPSA) is 89.5 Å². The summed E-state index contributed by atoms with van der Waals surface area (Å²) in [6.45, 7) is 4.40. The minimum absolute atomic E-state index is 0.0112. The lowest BCUT2D eigenvalue weighted by Crippen LogP contribution is -2.51. The van der Waals surface area contributed by atoms with Crippen LogP contribution in [0.15, 0.2) is 23.0 Å². The van der Waals surface area contributed by atoms with Crippen LogP contribution in [0.3, 0.4) is 0 Å². The molecule has 1 aliphatic heterocycles. The van der Waals surface area contributed by atoms with Gasteiger partial charge in [0.1, 0.15) is 5.66 Å². The molecule has 0 aliphatic carbocycles. The molecule has 0 aromatic carbocycles. The van der Waals surface area contributed by atoms with Gasteiger partial charge >= 0.3 is 6.18 Å². The molecule has 0 spiro atoms. The zero-order chi connectivity index (χ0) is 18.0. The van der Waals surface area contributed by atoms with Crippen molar-refractivity contribution in [2.24, 2.45) is 10.7 Å². The molecule has 0 radical (unpaired) electrons. The number of rotatable bonds is 5. The van der Waals surface area contributed by atoms with Gasteiger partial charge < -0.3 is 21.1 Å². The van der Waals surface area contributed by atoms with E-state index in [0.717, 1.165) is 6.20 Å². The number of aliphatic imine (C=N–C) groups is 1. The Kier molecular flexibility index (Phi) is 5.19. The Hall–Kier alpha value is -2.07. The zero-order valence-electron chi connectivity index (χ0n) is 13.7. The summed E-state index contributed by atoms with van der Waals surface area (Å²) in [5, 5.41) is 9.73. The lowest BCUT2D eigenvalue weighted by molar-refractivity contribution is -0.101. The molecule has 1 aromatic rings. The number of methoxy groups -OCH3 is 1. The molecule has 0 bridgehead atoms. The number of alkyl halides is 3. The van der Waals surface area contributed by atoms with Gasteiger partial charge in [-0.2, -0.15) is 18.3 Å². The molecular formula is C14H21F3N6O. The average molecular weight is 346 g/mol. The summed E-state index contributed by atoms with van der Waals surface area (Å²) in [5.74, 6) is 0.141. The lowest BCUT2D eigenvalue weighted by atomic mass is 9.97. The Morgan fingerprint density at radius 1 is 1.46 bits per heavy atom. The Morgan fingerprint density at radius 3 is 2.75 bits per heavy atom. The van der Waals surface area contributed by atoms with Crippen molar-refractivity contribution in [3.05, 3.63) is 23.7 Å². The first-order valence-electron chi connectivity index (χ1n) is 7.42. The van der Waals surface area contributed by atoms with Gasteiger partial charge in [-0.1, -0.05) is 6.92 Å². The molecule has 1 atom stereocenters. The van der Waals surface area contributed by atoms with E-state index in [4.69, 9.17) is 10.5 Å². The molecule has 7 nitrogen and oxygen atoms in total. The molecular weight excluding hydrogens is 325 g/mol. The number of guanidine groups is 1. The van der Waals surface area contributed by atoms with E-state index in [1.54, 1.807) is 31.8 Å². The first kappa shape index (κ1) is 18.3. The van der Waals surface area contributed by atoms with E-state index in [-0.39, 0.29) is 12.4 Å². The first-order valence-corrected chi connectivity index (χ1v) is 7.42. The van der Waals surface area contributed by atoms with Crippen molar-refractivity contribution in [2.75, 3.05) is 19.0 Å². The smallest absolute Gasteiger partial charge is 0.383 e. The number of ether oxygens (including phenoxy) is 1. The normalized spacial score (nSPS) is 21.1. The van der Waals surface area contributed by atoms with Crippen LogP contribution in [0.5, 0.6) is 0 Å². The summed E-state index contributed by atoms with van der Waals surface area (Å²) in [6, 6.07) is 0. The van der Waals surface area contributed by atoms with E-state index in [0.29, 0.717) is 24.5 Å². The zero-order valence-corrected chi connectivity index (χ0v) is 13.7. The number of nitrogens with zero attached hydrogens (tertiary/aromatic N) is 3. The summed E-state index contributed by atoms with van der Waals surface area (Å²) in [6.07, 6.45) is -1.96. The van der Waals surface area contributed by atoms with E-state index < -0.39 is 17.4 Å². The van der Waals surface area contributed by atoms with Gasteiger partial charge in [0.2, 0.25) is 5.96 Å². The number of halogens is 3. The second kappa shape index (κ2) is 6.81. The highest BCUT2D eigenvalue weighted by Gasteiger charge is 2.47. The van der Waals surface area contributed by atoms with Crippen LogP contribution in [0, 0.1) is 6.92 Å². The molecule has 0 fully saturated rings. The standard InChI is InChI=1S/C14H21F3N6O/c1-4-13(18)11(14(15,16)17)7-19-12(21-13)20-10-8-23(5-6-24-3)22-9(10)2/h7-8H,4-6,18H2,1-3H3,(H2,19,20,21). The summed E-state index contributed by atoms with van der Waals surface area (Å²) >= 11 is 0. The maximum Gasteiger partial charge on any atom is 0.417 e. The van der Waals surface area contributed by atoms with Gasteiger partial charge in [-0.15, -0.1) is 0 Å². The summed E-state index contributed by atoms with van der Waals surface area (Å²) < 4.78 is 45.8. The average Bonchev–Trinajstić information content (AvgIpc) is 2.84. The molecule has 4 N–H and O–H groups in total. The van der Waals surface area contributed by atoms with Crippen LogP contribution in [0.2, 0.25) is 0 Å². The van der Waals surface area contributed by atoms with Crippen LogP contribution in [-0.2, 0) is 11.3 Å². The quantitative estimate of drug-likeness (QED) is 0.755. The number of hydrogen-bond acceptors (Lipinski definition) is 6. The van der Waals surface area contributed by atoms with Crippen LogP contribution < -0.4 is 16.4 Å². The monoisotopic (exact) mass is 346 g/mol. The third kappa shape index (κ3) is 3.88. The van der Waals surface area contributed by atoms with E-state index in [1.165, 1.54) is 0 Å². The molecule has 10 heteroatoms. The molecule has 2 rings (SSSR count). The van der Waals surface area contributed by atoms with Crippen molar-refractivity contribution >= 4 is 11.6 Å². The second-order valence-corrected chi connectivity index (χ2v) is 5.45. The summed E-state index contributed by atoms with van der Waals surface area (Å²) in [7, 11) is 1.59. The van der Waals surface area contributed by atoms with Crippen molar-refractivity contribution in [3.8, 4) is 0 Å². The minimum Gasteiger partial charge on any atom is -0.383 e. The number of anilines is 1. The maximum atomic E-state index is 13.1. The fourth-order valence-electron chi connectivity index (χ4n) is 2.29. The van der Waals surface area contributed by atoms with Gasteiger partial charge in [0, 0.05) is 19.5 Å². The molecule has 1 aliphatic rings. The highest BCUT2D eigenvalue weighted by molar-refractivity contribution is 5.95. The van der Waals surface area contributed by atoms with Crippen LogP contribution >= 0.6 is 0 Å². The van der Waals surface area contributed by atoms with E-state index in [2.05, 4.69) is 20.7 Å². The molecule has 24 heavy (non-hydrogen) atoms. The number of nitrogens with one attached hydrogen (secondary N) is 2. The number of aryl methyl sites for hydroxylation is 1. The van der Waals surface area contributed by atoms with E-state index >= 15 is 0 Å². The molecule has 1 aromatic heterocycles. The van der Waals surface area contributed by atoms with Crippen molar-refractivity contribution in [3.63, 3.8) is 0 Å². The first-order chi connectivity index (χ1) is 11.2. The van der Waals surface area contributed by atoms with Crippen LogP contribution in [0.25, 0.3) is 0 Å². The lowest BCUT2D eigenvalue weighted by Gasteiger charge is -2.32. The highest BCUT2D eigenvalue weighted by Crippen LogP contribution is 2.36. The Balaban J connectivity index is 2.19. The minimum atomic E-state index is -4.55. The van der Waals surface area contributed by atoms with Gasteiger partial charge in [0.05, 0.1) is 30.1 Å². The van der Waals surface area contributed by atoms with Crippen molar-refractivity contribution in [1.29, 1.82) is 0 Å². The molecule has 0 saturated heterocycles. The number of nitrogens with two attached hydrogens (primary N) is 1. The maximum absolute atomic E-state index is 13.1. The third-order valence-electron chi connectivity index (χ3n) is 3.70. The van der Waals surface area contributed by atoms with Gasteiger partial charge in [0.25, 0.3) is 0 Å². The number of aromatic nitrogens is 2. The van der Waals surface area contributed by atoms with E-state index in [9.17, 15) is 13.2 Å². The van der Waals surface area contributed by atoms with Crippen LogP contribution in [0.4, 0.5) is 18.9 Å². The molecule has 0 saturated carbocycles. The highest BCUT2D eigenvalue weighted by atomic mass is 19.4. The molecule has 2 heterocycles. The fraction of sp³-hybridized carbons (Fsp3) is 0.571. The fourth-order valence-corrected chi connectivity index (χ4v) is 2.29. The van der Waals surface area contributed by atoms with Crippen molar-refractivity contribution in [2.45, 2.75) is 38.7 Å². The summed E-state index contributed by atoms with van der Waals surface area (Å²) in [4.78, 5) is 4.01. The van der Waals surface area contributed by atoms with Crippen molar-refractivity contribution < 1.29 is 17.9 Å². The Labute approximate surface area is 137 Å². The van der Waals surface area contributed by atoms with Crippen LogP contribution in [0.1, 0.15) is 19.0 Å². The van der Waals surface area contributed by atoms with Crippen molar-refractivity contribution in [1.82, 2.24) is 15.1 Å². The predicted octanol–water partition coefficient (Wildman–Crippen LogP) is 1.72. The van der Waals surface area contributed by atoms with Gasteiger partial charge in [-0.25, -0.2) is 4.99 Å². The Bertz CT molecular complexity index is 651. The van der Waals surface area contributed by atoms with Gasteiger partial charge in [-0.3, -0.25) is 4.68 Å². The largest absolute Gasteiger partial charge is 0.417 e. The molecule has 0 amide bonds. The van der Waals surface area contributed by atoms with Crippen LogP contribution in [-0.4, -0.2) is 41.3 Å². The van der Waals surface area contributed by atoms with Gasteiger partial charge in [0.15, 0.2) is 0 Å². The van der Waals surface area contributed by atoms with E-state index in [1.807, 2.05) is 0 Å². The molecule has 134 valence electrons. The SMILES string of the molecule is CCC1(N)N=C(Nc2cn(CCOC)nc2C)NC=C1C(F)(F)F. The van der Waals surface area contributed by atoms with Gasteiger partial charge in [-0.05, 0) is 13.3 Å². The summed E-state index contributed by atoms with van der Waals surface area (Å²) in [5.41, 5.74) is 4.42. The number of hydrogen-bond donors (Lipinski definition) is 3. The molecule has 1 unspecified atom stereocenters. The third-order valence-corrected chi connectivity index (χ3v) is 3.70.